The number of carbonyl (C=O) groups excluding carboxylic acids is 1. The molecule has 96 valence electrons. The van der Waals surface area contributed by atoms with Crippen LogP contribution in [0.1, 0.15) is 30.6 Å². The van der Waals surface area contributed by atoms with Crippen LogP contribution in [0.15, 0.2) is 18.2 Å². The molecule has 1 aromatic rings. The zero-order chi connectivity index (χ0) is 13.7. The number of anilines is 1. The van der Waals surface area contributed by atoms with Gasteiger partial charge in [-0.05, 0) is 32.0 Å². The first kappa shape index (κ1) is 14.3. The maximum atomic E-state index is 12.3. The van der Waals surface area contributed by atoms with Crippen molar-refractivity contribution in [2.24, 2.45) is 0 Å². The minimum absolute atomic E-state index is 0.00310. The number of nitrogen functional groups attached to an aromatic ring is 1. The second-order valence-corrected chi connectivity index (χ2v) is 4.65. The van der Waals surface area contributed by atoms with Crippen LogP contribution in [-0.2, 0) is 0 Å². The third kappa shape index (κ3) is 3.38. The molecule has 0 spiro atoms. The Labute approximate surface area is 112 Å². The molecule has 1 rings (SSSR count). The van der Waals surface area contributed by atoms with Crippen LogP contribution in [0.25, 0.3) is 0 Å². The third-order valence-corrected chi connectivity index (χ3v) is 2.90. The lowest BCUT2D eigenvalue weighted by Crippen LogP contribution is -2.37. The molecule has 0 saturated heterocycles. The van der Waals surface area contributed by atoms with Crippen LogP contribution in [0.5, 0.6) is 0 Å². The van der Waals surface area contributed by atoms with E-state index in [1.807, 2.05) is 19.9 Å². The average molecular weight is 266 g/mol. The number of hydrogen-bond acceptors (Lipinski definition) is 3. The number of carbonyl (C=O) groups is 1. The zero-order valence-electron chi connectivity index (χ0n) is 10.5. The number of nitriles is 1. The van der Waals surface area contributed by atoms with Gasteiger partial charge in [-0.15, -0.1) is 0 Å². The van der Waals surface area contributed by atoms with Gasteiger partial charge in [0.15, 0.2) is 0 Å². The highest BCUT2D eigenvalue weighted by molar-refractivity contribution is 6.34. The second-order valence-electron chi connectivity index (χ2n) is 4.24. The van der Waals surface area contributed by atoms with E-state index in [1.165, 1.54) is 0 Å². The molecule has 0 fully saturated rings. The molecule has 0 radical (unpaired) electrons. The average Bonchev–Trinajstić information content (AvgIpc) is 2.32. The molecule has 18 heavy (non-hydrogen) atoms. The van der Waals surface area contributed by atoms with Crippen molar-refractivity contribution in [3.8, 4) is 6.07 Å². The monoisotopic (exact) mass is 265 g/mol. The Morgan fingerprint density at radius 2 is 2.22 bits per heavy atom. The van der Waals surface area contributed by atoms with E-state index in [0.717, 1.165) is 0 Å². The van der Waals surface area contributed by atoms with Crippen LogP contribution in [0.2, 0.25) is 5.02 Å². The first-order valence-corrected chi connectivity index (χ1v) is 6.08. The van der Waals surface area contributed by atoms with E-state index in [-0.39, 0.29) is 11.9 Å². The largest absolute Gasteiger partial charge is 0.399 e. The van der Waals surface area contributed by atoms with E-state index in [0.29, 0.717) is 29.2 Å². The fourth-order valence-corrected chi connectivity index (χ4v) is 1.82. The lowest BCUT2D eigenvalue weighted by Gasteiger charge is -2.26. The molecule has 0 saturated carbocycles. The number of halogens is 1. The van der Waals surface area contributed by atoms with Gasteiger partial charge in [0.05, 0.1) is 23.1 Å². The summed E-state index contributed by atoms with van der Waals surface area (Å²) in [6.45, 7) is 4.18. The van der Waals surface area contributed by atoms with Gasteiger partial charge in [0.1, 0.15) is 0 Å². The van der Waals surface area contributed by atoms with Gasteiger partial charge in [-0.25, -0.2) is 0 Å². The van der Waals surface area contributed by atoms with Crippen molar-refractivity contribution in [3.63, 3.8) is 0 Å². The quantitative estimate of drug-likeness (QED) is 0.851. The Morgan fingerprint density at radius 1 is 1.56 bits per heavy atom. The lowest BCUT2D eigenvalue weighted by atomic mass is 10.1. The van der Waals surface area contributed by atoms with E-state index in [9.17, 15) is 4.79 Å². The van der Waals surface area contributed by atoms with Crippen molar-refractivity contribution in [1.29, 1.82) is 5.26 Å². The summed E-state index contributed by atoms with van der Waals surface area (Å²) >= 11 is 6.01. The molecule has 2 N–H and O–H groups in total. The van der Waals surface area contributed by atoms with E-state index in [1.54, 1.807) is 23.1 Å². The normalized spacial score (nSPS) is 10.2. The molecule has 0 atom stereocenters. The minimum Gasteiger partial charge on any atom is -0.399 e. The number of benzene rings is 1. The predicted molar refractivity (Wildman–Crippen MR) is 72.3 cm³/mol. The van der Waals surface area contributed by atoms with E-state index in [2.05, 4.69) is 0 Å². The Hall–Kier alpha value is -1.73. The number of nitrogens with two attached hydrogens (primary N) is 1. The Kier molecular flexibility index (Phi) is 4.99. The number of rotatable bonds is 4. The maximum absolute atomic E-state index is 12.3. The summed E-state index contributed by atoms with van der Waals surface area (Å²) < 4.78 is 0. The first-order valence-electron chi connectivity index (χ1n) is 5.70. The van der Waals surface area contributed by atoms with Crippen LogP contribution >= 0.6 is 11.6 Å². The zero-order valence-corrected chi connectivity index (χ0v) is 11.2. The molecule has 0 heterocycles. The standard InChI is InChI=1S/C13H16ClN3O/c1-9(2)17(7-3-6-15)13(18)11-8-10(16)4-5-12(11)14/h4-5,8-9H,3,7,16H2,1-2H3. The summed E-state index contributed by atoms with van der Waals surface area (Å²) in [5.74, 6) is -0.197. The van der Waals surface area contributed by atoms with Crippen LogP contribution in [-0.4, -0.2) is 23.4 Å². The molecule has 5 heteroatoms. The predicted octanol–water partition coefficient (Wildman–Crippen LogP) is 2.69. The summed E-state index contributed by atoms with van der Waals surface area (Å²) in [4.78, 5) is 14.0. The molecule has 0 aliphatic rings. The van der Waals surface area contributed by atoms with Gasteiger partial charge in [0.25, 0.3) is 5.91 Å². The minimum atomic E-state index is -0.197. The molecule has 0 aromatic heterocycles. The number of nitrogens with zero attached hydrogens (tertiary/aromatic N) is 2. The second kappa shape index (κ2) is 6.27. The molecule has 0 bridgehead atoms. The van der Waals surface area contributed by atoms with Gasteiger partial charge in [-0.2, -0.15) is 5.26 Å². The van der Waals surface area contributed by atoms with Crippen LogP contribution < -0.4 is 5.73 Å². The van der Waals surface area contributed by atoms with Gasteiger partial charge >= 0.3 is 0 Å². The fourth-order valence-electron chi connectivity index (χ4n) is 1.63. The smallest absolute Gasteiger partial charge is 0.255 e. The van der Waals surface area contributed by atoms with Crippen molar-refractivity contribution >= 4 is 23.2 Å². The molecule has 0 unspecified atom stereocenters. The van der Waals surface area contributed by atoms with Crippen molar-refractivity contribution in [1.82, 2.24) is 4.90 Å². The SMILES string of the molecule is CC(C)N(CCC#N)C(=O)c1cc(N)ccc1Cl. The van der Waals surface area contributed by atoms with Gasteiger partial charge < -0.3 is 10.6 Å². The number of amides is 1. The van der Waals surface area contributed by atoms with Gasteiger partial charge in [-0.3, -0.25) is 4.79 Å². The highest BCUT2D eigenvalue weighted by atomic mass is 35.5. The Bertz CT molecular complexity index is 480. The number of hydrogen-bond donors (Lipinski definition) is 1. The van der Waals surface area contributed by atoms with Gasteiger partial charge in [0, 0.05) is 18.3 Å². The summed E-state index contributed by atoms with van der Waals surface area (Å²) in [6.07, 6.45) is 0.295. The lowest BCUT2D eigenvalue weighted by molar-refractivity contribution is 0.0710. The van der Waals surface area contributed by atoms with E-state index < -0.39 is 0 Å². The van der Waals surface area contributed by atoms with Crippen LogP contribution in [0.4, 0.5) is 5.69 Å². The highest BCUT2D eigenvalue weighted by Gasteiger charge is 2.20. The van der Waals surface area contributed by atoms with Crippen LogP contribution in [0, 0.1) is 11.3 Å². The van der Waals surface area contributed by atoms with Crippen molar-refractivity contribution in [3.05, 3.63) is 28.8 Å². The molecule has 4 nitrogen and oxygen atoms in total. The molecule has 1 amide bonds. The summed E-state index contributed by atoms with van der Waals surface area (Å²) in [6, 6.07) is 6.85. The third-order valence-electron chi connectivity index (χ3n) is 2.57. The maximum Gasteiger partial charge on any atom is 0.255 e. The molecular formula is C13H16ClN3O. The summed E-state index contributed by atoms with van der Waals surface area (Å²) in [5, 5.41) is 8.99. The first-order chi connectivity index (χ1) is 8.47. The van der Waals surface area contributed by atoms with Crippen molar-refractivity contribution < 1.29 is 4.79 Å². The summed E-state index contributed by atoms with van der Waals surface area (Å²) in [5.41, 5.74) is 6.53. The molecular weight excluding hydrogens is 250 g/mol. The van der Waals surface area contributed by atoms with E-state index >= 15 is 0 Å². The molecule has 0 aliphatic heterocycles. The van der Waals surface area contributed by atoms with Crippen molar-refractivity contribution in [2.45, 2.75) is 26.3 Å². The topological polar surface area (TPSA) is 70.1 Å². The van der Waals surface area contributed by atoms with E-state index in [4.69, 9.17) is 22.6 Å². The van der Waals surface area contributed by atoms with Gasteiger partial charge in [0.2, 0.25) is 0 Å². The fraction of sp³-hybridized carbons (Fsp3) is 0.385. The highest BCUT2D eigenvalue weighted by Crippen LogP contribution is 2.21. The molecule has 0 aliphatic carbocycles. The van der Waals surface area contributed by atoms with Crippen LogP contribution in [0.3, 0.4) is 0 Å². The summed E-state index contributed by atoms with van der Waals surface area (Å²) in [7, 11) is 0. The van der Waals surface area contributed by atoms with Gasteiger partial charge in [-0.1, -0.05) is 11.6 Å². The molecule has 1 aromatic carbocycles. The van der Waals surface area contributed by atoms with Crippen molar-refractivity contribution in [2.75, 3.05) is 12.3 Å². The Morgan fingerprint density at radius 3 is 2.78 bits per heavy atom. The Balaban J connectivity index is 3.02.